The number of fused-ring (bicyclic) bond motifs is 1. The second-order valence-corrected chi connectivity index (χ2v) is 9.38. The Bertz CT molecular complexity index is 1430. The molecule has 0 radical (unpaired) electrons. The molecule has 0 spiro atoms. The monoisotopic (exact) mass is 480 g/mol. The van der Waals surface area contributed by atoms with E-state index in [1.807, 2.05) is 6.20 Å². The molecular weight excluding hydrogens is 459 g/mol. The molecule has 174 valence electrons. The zero-order valence-corrected chi connectivity index (χ0v) is 18.8. The topological polar surface area (TPSA) is 129 Å². The van der Waals surface area contributed by atoms with Crippen LogP contribution in [0.2, 0.25) is 0 Å². The van der Waals surface area contributed by atoms with Crippen molar-refractivity contribution in [3.63, 3.8) is 0 Å². The molecule has 0 aliphatic heterocycles. The van der Waals surface area contributed by atoms with Crippen molar-refractivity contribution >= 4 is 39.2 Å². The summed E-state index contributed by atoms with van der Waals surface area (Å²) in [7, 11) is -1.88. The van der Waals surface area contributed by atoms with Crippen molar-refractivity contribution < 1.29 is 13.5 Å². The van der Waals surface area contributed by atoms with Crippen molar-refractivity contribution in [3.05, 3.63) is 70.9 Å². The molecular formula is C23H21FN6O3S. The number of nitrogens with zero attached hydrogens (tertiary/aromatic N) is 4. The lowest BCUT2D eigenvalue weighted by Crippen LogP contribution is -2.06. The summed E-state index contributed by atoms with van der Waals surface area (Å²) in [5, 5.41) is 11.6. The molecule has 11 heteroatoms. The Morgan fingerprint density at radius 1 is 1.18 bits per heavy atom. The lowest BCUT2D eigenvalue weighted by molar-refractivity contribution is -0.385. The third-order valence-electron chi connectivity index (χ3n) is 6.08. The number of non-ortho nitro benzene ring substituents is 1. The third-order valence-corrected chi connectivity index (χ3v) is 7.17. The molecule has 1 atom stereocenters. The number of rotatable bonds is 6. The van der Waals surface area contributed by atoms with E-state index in [1.54, 1.807) is 6.07 Å². The first-order valence-electron chi connectivity index (χ1n) is 10.8. The molecule has 0 saturated heterocycles. The van der Waals surface area contributed by atoms with E-state index in [2.05, 4.69) is 19.3 Å². The highest BCUT2D eigenvalue weighted by Gasteiger charge is 2.23. The van der Waals surface area contributed by atoms with E-state index in [1.165, 1.54) is 42.7 Å². The summed E-state index contributed by atoms with van der Waals surface area (Å²) >= 11 is 0. The van der Waals surface area contributed by atoms with Crippen LogP contribution in [0.25, 0.3) is 22.2 Å². The van der Waals surface area contributed by atoms with Gasteiger partial charge in [-0.2, -0.15) is 0 Å². The second-order valence-electron chi connectivity index (χ2n) is 8.17. The second kappa shape index (κ2) is 8.82. The lowest BCUT2D eigenvalue weighted by Gasteiger charge is -2.12. The Kier molecular flexibility index (Phi) is 5.70. The van der Waals surface area contributed by atoms with Gasteiger partial charge in [0, 0.05) is 29.9 Å². The summed E-state index contributed by atoms with van der Waals surface area (Å²) < 4.78 is 32.4. The molecule has 3 N–H and O–H groups in total. The number of nitro groups is 1. The lowest BCUT2D eigenvalue weighted by atomic mass is 10.1. The number of nitro benzene ring substituents is 1. The maximum absolute atomic E-state index is 15.1. The number of nitrogen functional groups attached to an aromatic ring is 1. The molecule has 1 aliphatic carbocycles. The van der Waals surface area contributed by atoms with Crippen LogP contribution in [0, 0.1) is 15.9 Å². The average Bonchev–Trinajstić information content (AvgIpc) is 3.49. The molecule has 34 heavy (non-hydrogen) atoms. The Hall–Kier alpha value is -3.86. The molecule has 1 unspecified atom stereocenters. The predicted octanol–water partition coefficient (Wildman–Crippen LogP) is 4.98. The third kappa shape index (κ3) is 3.98. The molecule has 5 rings (SSSR count). The van der Waals surface area contributed by atoms with Crippen molar-refractivity contribution in [1.29, 1.82) is 0 Å². The van der Waals surface area contributed by atoms with Crippen LogP contribution in [0.4, 0.5) is 21.6 Å². The molecule has 2 aromatic heterocycles. The van der Waals surface area contributed by atoms with Gasteiger partial charge in [-0.1, -0.05) is 25.0 Å². The van der Waals surface area contributed by atoms with Gasteiger partial charge in [-0.3, -0.25) is 14.8 Å². The summed E-state index contributed by atoms with van der Waals surface area (Å²) in [6, 6.07) is 10.2. The van der Waals surface area contributed by atoms with Crippen LogP contribution >= 0.6 is 0 Å². The van der Waals surface area contributed by atoms with Crippen molar-refractivity contribution in [3.8, 4) is 11.1 Å². The number of aromatic nitrogens is 3. The molecule has 1 saturated carbocycles. The number of nitrogens with one attached hydrogen (secondary N) is 1. The number of nitrogens with two attached hydrogens (primary N) is 1. The highest BCUT2D eigenvalue weighted by molar-refractivity contribution is 7.86. The maximum Gasteiger partial charge on any atom is 0.270 e. The Morgan fingerprint density at radius 3 is 2.71 bits per heavy atom. The van der Waals surface area contributed by atoms with E-state index in [-0.39, 0.29) is 16.3 Å². The van der Waals surface area contributed by atoms with Crippen LogP contribution in [-0.4, -0.2) is 23.7 Å². The SMILES string of the molecule is Nc1ncnc2c1c(-c1ccc(NS(=O)c3cccc([N+](=O)[O-])c3)c(F)c1)cn2C1CCCC1. The molecule has 4 aromatic rings. The van der Waals surface area contributed by atoms with Gasteiger partial charge in [0.25, 0.3) is 5.69 Å². The minimum absolute atomic E-state index is 0.0114. The van der Waals surface area contributed by atoms with Crippen LogP contribution in [0.15, 0.2) is 59.9 Å². The van der Waals surface area contributed by atoms with Gasteiger partial charge in [0.05, 0.1) is 20.9 Å². The fourth-order valence-corrected chi connectivity index (χ4v) is 5.34. The van der Waals surface area contributed by atoms with E-state index in [9.17, 15) is 14.3 Å². The van der Waals surface area contributed by atoms with E-state index >= 15 is 4.39 Å². The number of hydrogen-bond donors (Lipinski definition) is 2. The summed E-state index contributed by atoms with van der Waals surface area (Å²) in [4.78, 5) is 19.1. The first-order chi connectivity index (χ1) is 16.4. The summed E-state index contributed by atoms with van der Waals surface area (Å²) in [6.45, 7) is 0. The standard InChI is InChI=1S/C23H21FN6O3S/c24-19-10-14(8-9-20(19)28-34(33)17-7-3-6-16(11-17)30(31)32)18-12-29(15-4-1-2-5-15)23-21(18)22(25)26-13-27-23/h3,6-13,15,28H,1-2,4-5H2,(H2,25,26,27). The van der Waals surface area contributed by atoms with Crippen molar-refractivity contribution in [2.45, 2.75) is 36.6 Å². The van der Waals surface area contributed by atoms with Gasteiger partial charge in [-0.25, -0.2) is 18.6 Å². The van der Waals surface area contributed by atoms with Crippen LogP contribution < -0.4 is 10.5 Å². The van der Waals surface area contributed by atoms with Gasteiger partial charge >= 0.3 is 0 Å². The molecule has 1 fully saturated rings. The van der Waals surface area contributed by atoms with Gasteiger partial charge in [0.15, 0.2) is 11.0 Å². The number of anilines is 2. The Labute approximate surface area is 196 Å². The normalized spacial score (nSPS) is 15.0. The van der Waals surface area contributed by atoms with E-state index < -0.39 is 21.7 Å². The minimum Gasteiger partial charge on any atom is -0.383 e. The number of hydrogen-bond acceptors (Lipinski definition) is 6. The molecule has 0 amide bonds. The number of halogens is 1. The van der Waals surface area contributed by atoms with Gasteiger partial charge < -0.3 is 10.3 Å². The van der Waals surface area contributed by atoms with Crippen molar-refractivity contribution in [2.75, 3.05) is 10.5 Å². The van der Waals surface area contributed by atoms with E-state index in [0.29, 0.717) is 22.8 Å². The quantitative estimate of drug-likeness (QED) is 0.296. The minimum atomic E-state index is -1.88. The van der Waals surface area contributed by atoms with E-state index in [0.717, 1.165) is 36.9 Å². The molecule has 2 heterocycles. The largest absolute Gasteiger partial charge is 0.383 e. The average molecular weight is 481 g/mol. The van der Waals surface area contributed by atoms with Gasteiger partial charge in [-0.15, -0.1) is 0 Å². The summed E-state index contributed by atoms with van der Waals surface area (Å²) in [5.74, 6) is -0.292. The Morgan fingerprint density at radius 2 is 1.97 bits per heavy atom. The van der Waals surface area contributed by atoms with Crippen molar-refractivity contribution in [2.24, 2.45) is 0 Å². The highest BCUT2D eigenvalue weighted by Crippen LogP contribution is 2.39. The molecule has 9 nitrogen and oxygen atoms in total. The Balaban J connectivity index is 1.48. The first kappa shape index (κ1) is 22.0. The smallest absolute Gasteiger partial charge is 0.270 e. The van der Waals surface area contributed by atoms with Gasteiger partial charge in [-0.05, 0) is 36.6 Å². The van der Waals surface area contributed by atoms with Gasteiger partial charge in [0.2, 0.25) is 0 Å². The van der Waals surface area contributed by atoms with Crippen molar-refractivity contribution in [1.82, 2.24) is 14.5 Å². The zero-order chi connectivity index (χ0) is 23.8. The molecule has 0 bridgehead atoms. The summed E-state index contributed by atoms with van der Waals surface area (Å²) in [6.07, 6.45) is 7.79. The van der Waals surface area contributed by atoms with Crippen LogP contribution in [0.1, 0.15) is 31.7 Å². The fourth-order valence-electron chi connectivity index (χ4n) is 4.42. The molecule has 1 aliphatic rings. The number of benzene rings is 2. The van der Waals surface area contributed by atoms with Crippen LogP contribution in [-0.2, 0) is 11.0 Å². The van der Waals surface area contributed by atoms with Crippen LogP contribution in [0.3, 0.4) is 0 Å². The highest BCUT2D eigenvalue weighted by atomic mass is 32.2. The first-order valence-corrected chi connectivity index (χ1v) is 11.9. The zero-order valence-electron chi connectivity index (χ0n) is 18.0. The molecule has 2 aromatic carbocycles. The van der Waals surface area contributed by atoms with Crippen LogP contribution in [0.5, 0.6) is 0 Å². The summed E-state index contributed by atoms with van der Waals surface area (Å²) in [5.41, 5.74) is 8.04. The van der Waals surface area contributed by atoms with Gasteiger partial charge in [0.1, 0.15) is 23.6 Å². The fraction of sp³-hybridized carbons (Fsp3) is 0.217. The predicted molar refractivity (Wildman–Crippen MR) is 128 cm³/mol. The maximum atomic E-state index is 15.1. The van der Waals surface area contributed by atoms with E-state index in [4.69, 9.17) is 5.73 Å².